The number of rotatable bonds is 5. The fourth-order valence-corrected chi connectivity index (χ4v) is 2.32. The van der Waals surface area contributed by atoms with E-state index in [9.17, 15) is 0 Å². The van der Waals surface area contributed by atoms with E-state index in [2.05, 4.69) is 17.1 Å². The van der Waals surface area contributed by atoms with Gasteiger partial charge in [-0.1, -0.05) is 0 Å². The van der Waals surface area contributed by atoms with Gasteiger partial charge in [0.05, 0.1) is 6.61 Å². The molecular formula is C11H22N2O. The summed E-state index contributed by atoms with van der Waals surface area (Å²) in [7, 11) is 0. The van der Waals surface area contributed by atoms with Crippen LogP contribution >= 0.6 is 0 Å². The third-order valence-electron chi connectivity index (χ3n) is 3.29. The Morgan fingerprint density at radius 2 is 2.29 bits per heavy atom. The lowest BCUT2D eigenvalue weighted by Crippen LogP contribution is -2.53. The summed E-state index contributed by atoms with van der Waals surface area (Å²) in [4.78, 5) is 2.61. The van der Waals surface area contributed by atoms with E-state index in [-0.39, 0.29) is 0 Å². The van der Waals surface area contributed by atoms with Crippen molar-refractivity contribution < 1.29 is 4.74 Å². The maximum absolute atomic E-state index is 5.42. The minimum absolute atomic E-state index is 0.796. The Labute approximate surface area is 86.8 Å². The molecule has 3 heteroatoms. The molecule has 0 radical (unpaired) electrons. The van der Waals surface area contributed by atoms with Gasteiger partial charge >= 0.3 is 0 Å². The fourth-order valence-electron chi connectivity index (χ4n) is 2.32. The van der Waals surface area contributed by atoms with Crippen LogP contribution in [0.5, 0.6) is 0 Å². The molecule has 1 aliphatic heterocycles. The van der Waals surface area contributed by atoms with Crippen LogP contribution in [-0.4, -0.2) is 50.3 Å². The first-order valence-electron chi connectivity index (χ1n) is 5.94. The lowest BCUT2D eigenvalue weighted by atomic mass is 10.1. The average Bonchev–Trinajstić information content (AvgIpc) is 3.03. The first kappa shape index (κ1) is 10.4. The molecule has 1 heterocycles. The standard InChI is InChI=1S/C11H22N2O/c1-2-14-8-7-13-6-5-12-9-11(13)10-3-4-10/h10-12H,2-9H2,1H3. The van der Waals surface area contributed by atoms with E-state index in [0.717, 1.165) is 38.3 Å². The van der Waals surface area contributed by atoms with Crippen LogP contribution in [0, 0.1) is 5.92 Å². The van der Waals surface area contributed by atoms with Crippen LogP contribution in [0.4, 0.5) is 0 Å². The van der Waals surface area contributed by atoms with Gasteiger partial charge in [-0.2, -0.15) is 0 Å². The zero-order chi connectivity index (χ0) is 9.80. The quantitative estimate of drug-likeness (QED) is 0.658. The molecule has 2 fully saturated rings. The maximum Gasteiger partial charge on any atom is 0.0593 e. The normalized spacial score (nSPS) is 29.4. The van der Waals surface area contributed by atoms with Crippen molar-refractivity contribution in [2.24, 2.45) is 5.92 Å². The van der Waals surface area contributed by atoms with Crippen molar-refractivity contribution >= 4 is 0 Å². The Kier molecular flexibility index (Phi) is 3.79. The monoisotopic (exact) mass is 198 g/mol. The van der Waals surface area contributed by atoms with Gasteiger partial charge in [0, 0.05) is 38.8 Å². The molecule has 0 spiro atoms. The second-order valence-electron chi connectivity index (χ2n) is 4.34. The van der Waals surface area contributed by atoms with Crippen molar-refractivity contribution in [3.05, 3.63) is 0 Å². The van der Waals surface area contributed by atoms with Crippen molar-refractivity contribution in [3.8, 4) is 0 Å². The predicted molar refractivity (Wildman–Crippen MR) is 57.4 cm³/mol. The van der Waals surface area contributed by atoms with Crippen LogP contribution in [0.2, 0.25) is 0 Å². The smallest absolute Gasteiger partial charge is 0.0593 e. The molecule has 1 aliphatic carbocycles. The first-order valence-corrected chi connectivity index (χ1v) is 5.94. The first-order chi connectivity index (χ1) is 6.92. The molecule has 1 atom stereocenters. The Morgan fingerprint density at radius 1 is 1.43 bits per heavy atom. The van der Waals surface area contributed by atoms with Gasteiger partial charge in [0.1, 0.15) is 0 Å². The van der Waals surface area contributed by atoms with E-state index in [0.29, 0.717) is 0 Å². The molecule has 2 aliphatic rings. The second kappa shape index (κ2) is 5.10. The van der Waals surface area contributed by atoms with E-state index in [1.54, 1.807) is 0 Å². The molecule has 0 amide bonds. The topological polar surface area (TPSA) is 24.5 Å². The van der Waals surface area contributed by atoms with Crippen LogP contribution in [0.1, 0.15) is 19.8 Å². The number of hydrogen-bond donors (Lipinski definition) is 1. The van der Waals surface area contributed by atoms with Crippen LogP contribution in [0.15, 0.2) is 0 Å². The summed E-state index contributed by atoms with van der Waals surface area (Å²) in [6.45, 7) is 8.48. The molecule has 1 unspecified atom stereocenters. The summed E-state index contributed by atoms with van der Waals surface area (Å²) < 4.78 is 5.42. The summed E-state index contributed by atoms with van der Waals surface area (Å²) in [5, 5.41) is 3.49. The molecule has 0 aromatic rings. The van der Waals surface area contributed by atoms with Crippen molar-refractivity contribution in [1.82, 2.24) is 10.2 Å². The van der Waals surface area contributed by atoms with Crippen LogP contribution < -0.4 is 5.32 Å². The molecule has 0 bridgehead atoms. The van der Waals surface area contributed by atoms with E-state index in [1.165, 1.54) is 25.9 Å². The van der Waals surface area contributed by atoms with E-state index in [1.807, 2.05) is 0 Å². The molecule has 3 nitrogen and oxygen atoms in total. The zero-order valence-corrected chi connectivity index (χ0v) is 9.17. The molecule has 14 heavy (non-hydrogen) atoms. The van der Waals surface area contributed by atoms with E-state index < -0.39 is 0 Å². The van der Waals surface area contributed by atoms with Crippen molar-refractivity contribution in [1.29, 1.82) is 0 Å². The van der Waals surface area contributed by atoms with Crippen molar-refractivity contribution in [3.63, 3.8) is 0 Å². The molecular weight excluding hydrogens is 176 g/mol. The molecule has 1 saturated carbocycles. The highest BCUT2D eigenvalue weighted by Gasteiger charge is 2.36. The second-order valence-corrected chi connectivity index (χ2v) is 4.34. The molecule has 1 N–H and O–H groups in total. The predicted octanol–water partition coefficient (Wildman–Crippen LogP) is 0.707. The Hall–Kier alpha value is -0.120. The lowest BCUT2D eigenvalue weighted by molar-refractivity contribution is 0.0762. The summed E-state index contributed by atoms with van der Waals surface area (Å²) in [6.07, 6.45) is 2.88. The number of nitrogens with zero attached hydrogens (tertiary/aromatic N) is 1. The summed E-state index contributed by atoms with van der Waals surface area (Å²) in [5.74, 6) is 0.976. The highest BCUT2D eigenvalue weighted by atomic mass is 16.5. The van der Waals surface area contributed by atoms with Crippen molar-refractivity contribution in [2.45, 2.75) is 25.8 Å². The summed E-state index contributed by atoms with van der Waals surface area (Å²) in [5.41, 5.74) is 0. The van der Waals surface area contributed by atoms with Crippen LogP contribution in [0.3, 0.4) is 0 Å². The highest BCUT2D eigenvalue weighted by molar-refractivity contribution is 4.92. The highest BCUT2D eigenvalue weighted by Crippen LogP contribution is 2.35. The Bertz CT molecular complexity index is 171. The van der Waals surface area contributed by atoms with E-state index in [4.69, 9.17) is 4.74 Å². The van der Waals surface area contributed by atoms with Gasteiger partial charge in [0.2, 0.25) is 0 Å². The zero-order valence-electron chi connectivity index (χ0n) is 9.17. The lowest BCUT2D eigenvalue weighted by Gasteiger charge is -2.36. The number of piperazine rings is 1. The fraction of sp³-hybridized carbons (Fsp3) is 1.00. The number of hydrogen-bond acceptors (Lipinski definition) is 3. The molecule has 2 rings (SSSR count). The summed E-state index contributed by atoms with van der Waals surface area (Å²) in [6, 6.07) is 0.796. The molecule has 0 aromatic heterocycles. The average molecular weight is 198 g/mol. The van der Waals surface area contributed by atoms with Crippen LogP contribution in [0.25, 0.3) is 0 Å². The SMILES string of the molecule is CCOCCN1CCNCC1C1CC1. The number of nitrogens with one attached hydrogen (secondary N) is 1. The van der Waals surface area contributed by atoms with Gasteiger partial charge in [-0.3, -0.25) is 4.90 Å². The van der Waals surface area contributed by atoms with Gasteiger partial charge in [-0.05, 0) is 25.7 Å². The van der Waals surface area contributed by atoms with Gasteiger partial charge in [-0.25, -0.2) is 0 Å². The third-order valence-corrected chi connectivity index (χ3v) is 3.29. The largest absolute Gasteiger partial charge is 0.380 e. The van der Waals surface area contributed by atoms with Gasteiger partial charge in [-0.15, -0.1) is 0 Å². The van der Waals surface area contributed by atoms with Gasteiger partial charge in [0.15, 0.2) is 0 Å². The third kappa shape index (κ3) is 2.69. The summed E-state index contributed by atoms with van der Waals surface area (Å²) >= 11 is 0. The minimum atomic E-state index is 0.796. The van der Waals surface area contributed by atoms with Crippen molar-refractivity contribution in [2.75, 3.05) is 39.4 Å². The molecule has 82 valence electrons. The maximum atomic E-state index is 5.42. The van der Waals surface area contributed by atoms with Gasteiger partial charge < -0.3 is 10.1 Å². The molecule has 1 saturated heterocycles. The van der Waals surface area contributed by atoms with Gasteiger partial charge in [0.25, 0.3) is 0 Å². The molecule has 0 aromatic carbocycles. The van der Waals surface area contributed by atoms with E-state index >= 15 is 0 Å². The van der Waals surface area contributed by atoms with Crippen LogP contribution in [-0.2, 0) is 4.74 Å². The Morgan fingerprint density at radius 3 is 3.00 bits per heavy atom. The number of ether oxygens (including phenoxy) is 1. The Balaban J connectivity index is 1.74. The minimum Gasteiger partial charge on any atom is -0.380 e.